The van der Waals surface area contributed by atoms with Crippen molar-refractivity contribution in [2.45, 2.75) is 58.2 Å². The normalized spacial score (nSPS) is 13.1. The number of unbranched alkanes of at least 4 members (excludes halogenated alkanes) is 1. The summed E-state index contributed by atoms with van der Waals surface area (Å²) in [6, 6.07) is 3.34. The zero-order valence-corrected chi connectivity index (χ0v) is 19.1. The van der Waals surface area contributed by atoms with E-state index in [0.29, 0.717) is 13.0 Å². The molecule has 0 spiro atoms. The number of nitrogens with one attached hydrogen (secondary N) is 2. The van der Waals surface area contributed by atoms with Crippen LogP contribution in [-0.4, -0.2) is 76.1 Å². The zero-order valence-electron chi connectivity index (χ0n) is 19.1. The molecule has 2 unspecified atom stereocenters. The maximum atomic E-state index is 13.2. The first kappa shape index (κ1) is 27.2. The Bertz CT molecular complexity index is 764. The zero-order chi connectivity index (χ0) is 24.3. The molecule has 1 aromatic carbocycles. The average Bonchev–Trinajstić information content (AvgIpc) is 2.71. The van der Waals surface area contributed by atoms with E-state index in [2.05, 4.69) is 10.6 Å². The summed E-state index contributed by atoms with van der Waals surface area (Å²) in [6.07, 6.45) is 0.639. The van der Waals surface area contributed by atoms with Gasteiger partial charge in [0.1, 0.15) is 23.4 Å². The lowest BCUT2D eigenvalue weighted by Crippen LogP contribution is -2.55. The molecule has 0 heterocycles. The number of para-hydroxylation sites is 1. The van der Waals surface area contributed by atoms with Gasteiger partial charge in [-0.3, -0.25) is 9.59 Å². The summed E-state index contributed by atoms with van der Waals surface area (Å²) >= 11 is 0. The number of hydrogen-bond donors (Lipinski definition) is 5. The number of aliphatic hydroxyl groups excluding tert-OH is 2. The third-order valence-corrected chi connectivity index (χ3v) is 4.42. The Morgan fingerprint density at radius 3 is 2.34 bits per heavy atom. The van der Waals surface area contributed by atoms with Crippen molar-refractivity contribution >= 4 is 17.9 Å². The highest BCUT2D eigenvalue weighted by Crippen LogP contribution is 2.29. The maximum Gasteiger partial charge on any atom is 0.408 e. The number of aromatic hydroxyl groups is 1. The molecule has 3 amide bonds. The molecule has 0 radical (unpaired) electrons. The highest BCUT2D eigenvalue weighted by molar-refractivity contribution is 5.92. The Morgan fingerprint density at radius 1 is 1.16 bits per heavy atom. The van der Waals surface area contributed by atoms with Crippen LogP contribution >= 0.6 is 0 Å². The number of amides is 3. The molecule has 10 nitrogen and oxygen atoms in total. The number of phenols is 1. The third-order valence-electron chi connectivity index (χ3n) is 4.42. The molecule has 0 aliphatic rings. The molecule has 5 N–H and O–H groups in total. The minimum Gasteiger partial charge on any atom is -0.508 e. The minimum absolute atomic E-state index is 0.150. The molecule has 180 valence electrons. The SMILES string of the molecule is CCCCNC(=O)C(c1ccccc1O)N(CCO)C(=O)C(CO)NC(=O)OC(C)(C)C. The van der Waals surface area contributed by atoms with E-state index in [4.69, 9.17) is 4.74 Å². The molecule has 0 saturated carbocycles. The van der Waals surface area contributed by atoms with Gasteiger partial charge in [0, 0.05) is 18.7 Å². The van der Waals surface area contributed by atoms with E-state index in [1.807, 2.05) is 6.92 Å². The van der Waals surface area contributed by atoms with E-state index in [1.54, 1.807) is 32.9 Å². The van der Waals surface area contributed by atoms with Crippen molar-refractivity contribution in [2.75, 3.05) is 26.3 Å². The number of hydrogen-bond acceptors (Lipinski definition) is 7. The molecule has 10 heteroatoms. The highest BCUT2D eigenvalue weighted by Gasteiger charge is 2.36. The van der Waals surface area contributed by atoms with Crippen LogP contribution in [0.5, 0.6) is 5.75 Å². The fraction of sp³-hybridized carbons (Fsp3) is 0.591. The van der Waals surface area contributed by atoms with Gasteiger partial charge in [-0.2, -0.15) is 0 Å². The Kier molecular flexibility index (Phi) is 10.9. The number of ether oxygens (including phenoxy) is 1. The Labute approximate surface area is 188 Å². The van der Waals surface area contributed by atoms with Gasteiger partial charge in [0.25, 0.3) is 0 Å². The van der Waals surface area contributed by atoms with Gasteiger partial charge in [-0.15, -0.1) is 0 Å². The topological polar surface area (TPSA) is 148 Å². The molecule has 32 heavy (non-hydrogen) atoms. The van der Waals surface area contributed by atoms with E-state index >= 15 is 0 Å². The van der Waals surface area contributed by atoms with Crippen molar-refractivity contribution < 1.29 is 34.4 Å². The molecule has 1 rings (SSSR count). The number of rotatable bonds is 11. The first-order valence-electron chi connectivity index (χ1n) is 10.6. The summed E-state index contributed by atoms with van der Waals surface area (Å²) in [7, 11) is 0. The lowest BCUT2D eigenvalue weighted by Gasteiger charge is -2.33. The quantitative estimate of drug-likeness (QED) is 0.315. The van der Waals surface area contributed by atoms with Crippen LogP contribution in [0.4, 0.5) is 4.79 Å². The lowest BCUT2D eigenvalue weighted by atomic mass is 10.0. The second-order valence-electron chi connectivity index (χ2n) is 8.24. The average molecular weight is 454 g/mol. The van der Waals surface area contributed by atoms with Crippen molar-refractivity contribution in [3.05, 3.63) is 29.8 Å². The Balaban J connectivity index is 3.27. The number of alkyl carbamates (subject to hydrolysis) is 1. The molecule has 0 aliphatic heterocycles. The van der Waals surface area contributed by atoms with Crippen LogP contribution in [0.3, 0.4) is 0 Å². The number of nitrogens with zero attached hydrogens (tertiary/aromatic N) is 1. The minimum atomic E-state index is -1.42. The van der Waals surface area contributed by atoms with E-state index in [0.717, 1.165) is 11.3 Å². The first-order valence-corrected chi connectivity index (χ1v) is 10.6. The van der Waals surface area contributed by atoms with E-state index in [9.17, 15) is 29.7 Å². The van der Waals surface area contributed by atoms with Gasteiger partial charge >= 0.3 is 6.09 Å². The fourth-order valence-electron chi connectivity index (χ4n) is 2.96. The maximum absolute atomic E-state index is 13.2. The van der Waals surface area contributed by atoms with Crippen molar-refractivity contribution in [1.82, 2.24) is 15.5 Å². The molecule has 0 aromatic heterocycles. The second-order valence-corrected chi connectivity index (χ2v) is 8.24. The van der Waals surface area contributed by atoms with Crippen LogP contribution in [-0.2, 0) is 14.3 Å². The van der Waals surface area contributed by atoms with Crippen LogP contribution in [0.25, 0.3) is 0 Å². The fourth-order valence-corrected chi connectivity index (χ4v) is 2.96. The predicted octanol–water partition coefficient (Wildman–Crippen LogP) is 1.06. The van der Waals surface area contributed by atoms with Gasteiger partial charge in [-0.25, -0.2) is 4.79 Å². The van der Waals surface area contributed by atoms with Crippen molar-refractivity contribution in [2.24, 2.45) is 0 Å². The van der Waals surface area contributed by atoms with Crippen molar-refractivity contribution in [3.8, 4) is 5.75 Å². The van der Waals surface area contributed by atoms with Crippen LogP contribution in [0, 0.1) is 0 Å². The van der Waals surface area contributed by atoms with Crippen LogP contribution in [0.1, 0.15) is 52.1 Å². The van der Waals surface area contributed by atoms with Gasteiger partial charge < -0.3 is 35.6 Å². The van der Waals surface area contributed by atoms with Gasteiger partial charge in [-0.1, -0.05) is 31.5 Å². The summed E-state index contributed by atoms with van der Waals surface area (Å²) < 4.78 is 5.14. The van der Waals surface area contributed by atoms with Crippen LogP contribution in [0.2, 0.25) is 0 Å². The van der Waals surface area contributed by atoms with Gasteiger partial charge in [0.05, 0.1) is 13.2 Å². The largest absolute Gasteiger partial charge is 0.508 e. The monoisotopic (exact) mass is 453 g/mol. The molecule has 0 bridgehead atoms. The number of phenolic OH excluding ortho intramolecular Hbond substituents is 1. The molecular formula is C22H35N3O7. The molecule has 0 aliphatic carbocycles. The second kappa shape index (κ2) is 12.9. The van der Waals surface area contributed by atoms with Crippen molar-refractivity contribution in [1.29, 1.82) is 0 Å². The smallest absolute Gasteiger partial charge is 0.408 e. The lowest BCUT2D eigenvalue weighted by molar-refractivity contribution is -0.143. The van der Waals surface area contributed by atoms with E-state index in [1.165, 1.54) is 12.1 Å². The third kappa shape index (κ3) is 8.35. The summed E-state index contributed by atoms with van der Waals surface area (Å²) in [5, 5.41) is 34.7. The van der Waals surface area contributed by atoms with Crippen LogP contribution < -0.4 is 10.6 Å². The van der Waals surface area contributed by atoms with Crippen LogP contribution in [0.15, 0.2) is 24.3 Å². The summed E-state index contributed by atoms with van der Waals surface area (Å²) in [4.78, 5) is 39.4. The molecule has 2 atom stereocenters. The molecular weight excluding hydrogens is 418 g/mol. The number of carbonyl (C=O) groups is 3. The Hall–Kier alpha value is -2.85. The predicted molar refractivity (Wildman–Crippen MR) is 118 cm³/mol. The summed E-state index contributed by atoms with van der Waals surface area (Å²) in [5.41, 5.74) is -0.674. The standard InChI is InChI=1S/C22H35N3O7/c1-5-6-11-23-19(29)18(15-9-7-8-10-17(15)28)25(12-13-26)20(30)16(14-27)24-21(31)32-22(2,3)4/h7-10,16,18,26-28H,5-6,11-14H2,1-4H3,(H,23,29)(H,24,31). The number of aliphatic hydroxyl groups is 2. The van der Waals surface area contributed by atoms with Gasteiger partial charge in [0.15, 0.2) is 0 Å². The Morgan fingerprint density at radius 2 is 1.81 bits per heavy atom. The molecule has 1 aromatic rings. The summed E-state index contributed by atoms with van der Waals surface area (Å²) in [6.45, 7) is 5.75. The van der Waals surface area contributed by atoms with Gasteiger partial charge in [-0.05, 0) is 33.3 Å². The number of carbonyl (C=O) groups excluding carboxylic acids is 3. The highest BCUT2D eigenvalue weighted by atomic mass is 16.6. The van der Waals surface area contributed by atoms with E-state index < -0.39 is 48.8 Å². The first-order chi connectivity index (χ1) is 15.1. The van der Waals surface area contributed by atoms with Gasteiger partial charge in [0.2, 0.25) is 11.8 Å². The molecule has 0 saturated heterocycles. The van der Waals surface area contributed by atoms with Crippen molar-refractivity contribution in [3.63, 3.8) is 0 Å². The number of benzene rings is 1. The molecule has 0 fully saturated rings. The van der Waals surface area contributed by atoms with E-state index in [-0.39, 0.29) is 17.9 Å². The summed E-state index contributed by atoms with van der Waals surface area (Å²) in [5.74, 6) is -1.58.